The number of aromatic nitrogens is 2. The third-order valence-corrected chi connectivity index (χ3v) is 5.24. The predicted octanol–water partition coefficient (Wildman–Crippen LogP) is 4.82. The maximum absolute atomic E-state index is 6.28. The Kier molecular flexibility index (Phi) is 3.63. The summed E-state index contributed by atoms with van der Waals surface area (Å²) in [5, 5.41) is 4.95. The molecule has 2 aromatic rings. The molecule has 2 aromatic heterocycles. The molecule has 1 fully saturated rings. The second-order valence-electron chi connectivity index (χ2n) is 5.49. The molecule has 1 N–H and O–H groups in total. The van der Waals surface area contributed by atoms with E-state index in [0.29, 0.717) is 23.1 Å². The summed E-state index contributed by atoms with van der Waals surface area (Å²) < 4.78 is 0. The Morgan fingerprint density at radius 1 is 1.32 bits per heavy atom. The molecule has 0 radical (unpaired) electrons. The molecule has 0 spiro atoms. The Labute approximate surface area is 122 Å². The van der Waals surface area contributed by atoms with Gasteiger partial charge in [0.2, 0.25) is 5.95 Å². The molecule has 0 aromatic carbocycles. The molecule has 0 unspecified atom stereocenters. The van der Waals surface area contributed by atoms with Crippen molar-refractivity contribution in [2.45, 2.75) is 51.5 Å². The van der Waals surface area contributed by atoms with Crippen molar-refractivity contribution in [3.63, 3.8) is 0 Å². The number of hydrogen-bond acceptors (Lipinski definition) is 4. The Balaban J connectivity index is 1.93. The smallest absolute Gasteiger partial charge is 0.225 e. The first kappa shape index (κ1) is 13.1. The topological polar surface area (TPSA) is 37.8 Å². The van der Waals surface area contributed by atoms with E-state index in [1.807, 2.05) is 0 Å². The molecular weight excluding hydrogens is 278 g/mol. The Morgan fingerprint density at radius 3 is 2.74 bits per heavy atom. The van der Waals surface area contributed by atoms with Crippen molar-refractivity contribution < 1.29 is 0 Å². The number of thiophene rings is 1. The van der Waals surface area contributed by atoms with Crippen LogP contribution in [0, 0.1) is 0 Å². The van der Waals surface area contributed by atoms with Crippen LogP contribution in [0.15, 0.2) is 6.07 Å². The maximum atomic E-state index is 6.28. The Morgan fingerprint density at radius 2 is 2.05 bits per heavy atom. The van der Waals surface area contributed by atoms with Crippen LogP contribution in [-0.4, -0.2) is 16.0 Å². The van der Waals surface area contributed by atoms with Crippen LogP contribution in [0.1, 0.15) is 50.3 Å². The van der Waals surface area contributed by atoms with E-state index in [-0.39, 0.29) is 0 Å². The van der Waals surface area contributed by atoms with Crippen molar-refractivity contribution in [1.29, 1.82) is 0 Å². The number of hydrogen-bond donors (Lipinski definition) is 1. The quantitative estimate of drug-likeness (QED) is 0.825. The summed E-state index contributed by atoms with van der Waals surface area (Å²) in [5.74, 6) is 1.18. The van der Waals surface area contributed by atoms with Gasteiger partial charge in [-0.1, -0.05) is 38.3 Å². The lowest BCUT2D eigenvalue weighted by Gasteiger charge is -2.11. The van der Waals surface area contributed by atoms with Gasteiger partial charge in [-0.3, -0.25) is 0 Å². The number of nitrogens with one attached hydrogen (secondary N) is 1. The molecule has 0 saturated heterocycles. The van der Waals surface area contributed by atoms with Crippen LogP contribution in [0.3, 0.4) is 0 Å². The molecule has 3 nitrogen and oxygen atoms in total. The zero-order valence-electron chi connectivity index (χ0n) is 11.2. The van der Waals surface area contributed by atoms with Gasteiger partial charge in [0, 0.05) is 16.3 Å². The van der Waals surface area contributed by atoms with Crippen molar-refractivity contribution in [1.82, 2.24) is 9.97 Å². The largest absolute Gasteiger partial charge is 0.351 e. The molecule has 3 rings (SSSR count). The van der Waals surface area contributed by atoms with Gasteiger partial charge < -0.3 is 5.32 Å². The summed E-state index contributed by atoms with van der Waals surface area (Å²) in [6, 6.07) is 2.63. The van der Waals surface area contributed by atoms with E-state index >= 15 is 0 Å². The summed E-state index contributed by atoms with van der Waals surface area (Å²) >= 11 is 8.00. The first-order valence-corrected chi connectivity index (χ1v) is 8.06. The van der Waals surface area contributed by atoms with Crippen LogP contribution < -0.4 is 5.32 Å². The van der Waals surface area contributed by atoms with Crippen LogP contribution in [0.25, 0.3) is 10.2 Å². The first-order valence-electron chi connectivity index (χ1n) is 6.87. The first-order chi connectivity index (χ1) is 9.13. The molecule has 1 aliphatic carbocycles. The summed E-state index contributed by atoms with van der Waals surface area (Å²) in [4.78, 5) is 11.3. The minimum atomic E-state index is 0.501. The minimum absolute atomic E-state index is 0.501. The second-order valence-corrected chi connectivity index (χ2v) is 6.91. The standard InChI is InChI=1S/C14H18ClN3S/c1-8(2)11-7-10-12(15)17-14(18-13(10)19-11)16-9-5-3-4-6-9/h7-9H,3-6H2,1-2H3,(H,16,17,18). The van der Waals surface area contributed by atoms with E-state index in [9.17, 15) is 0 Å². The van der Waals surface area contributed by atoms with Gasteiger partial charge in [0.25, 0.3) is 0 Å². The number of nitrogens with zero attached hydrogens (tertiary/aromatic N) is 2. The second kappa shape index (κ2) is 5.25. The van der Waals surface area contributed by atoms with Gasteiger partial charge in [-0.05, 0) is 24.8 Å². The fraction of sp³-hybridized carbons (Fsp3) is 0.571. The predicted molar refractivity (Wildman–Crippen MR) is 82.4 cm³/mol. The van der Waals surface area contributed by atoms with Gasteiger partial charge in [0.1, 0.15) is 9.98 Å². The van der Waals surface area contributed by atoms with Gasteiger partial charge in [0.05, 0.1) is 0 Å². The average molecular weight is 296 g/mol. The fourth-order valence-corrected chi connectivity index (χ4v) is 3.82. The van der Waals surface area contributed by atoms with E-state index in [1.165, 1.54) is 30.6 Å². The normalized spacial score (nSPS) is 16.6. The van der Waals surface area contributed by atoms with Gasteiger partial charge in [-0.15, -0.1) is 11.3 Å². The van der Waals surface area contributed by atoms with E-state index in [0.717, 1.165) is 10.2 Å². The zero-order chi connectivity index (χ0) is 13.4. The lowest BCUT2D eigenvalue weighted by Crippen LogP contribution is -2.16. The van der Waals surface area contributed by atoms with Crippen LogP contribution in [0.2, 0.25) is 5.15 Å². The van der Waals surface area contributed by atoms with Crippen LogP contribution in [0.4, 0.5) is 5.95 Å². The van der Waals surface area contributed by atoms with Gasteiger partial charge in [-0.25, -0.2) is 9.97 Å². The van der Waals surface area contributed by atoms with Crippen molar-refractivity contribution in [3.8, 4) is 0 Å². The molecule has 0 atom stereocenters. The molecule has 0 amide bonds. The van der Waals surface area contributed by atoms with E-state index in [4.69, 9.17) is 11.6 Å². The molecule has 2 heterocycles. The SMILES string of the molecule is CC(C)c1cc2c(Cl)nc(NC3CCCC3)nc2s1. The van der Waals surface area contributed by atoms with Gasteiger partial charge >= 0.3 is 0 Å². The molecule has 1 saturated carbocycles. The highest BCUT2D eigenvalue weighted by Crippen LogP contribution is 2.33. The van der Waals surface area contributed by atoms with Crippen LogP contribution in [0.5, 0.6) is 0 Å². The molecule has 102 valence electrons. The lowest BCUT2D eigenvalue weighted by molar-refractivity contribution is 0.745. The monoisotopic (exact) mass is 295 g/mol. The molecule has 0 aliphatic heterocycles. The van der Waals surface area contributed by atoms with Crippen molar-refractivity contribution in [2.24, 2.45) is 0 Å². The fourth-order valence-electron chi connectivity index (χ4n) is 2.51. The number of anilines is 1. The van der Waals surface area contributed by atoms with Gasteiger partial charge in [-0.2, -0.15) is 0 Å². The Hall–Kier alpha value is -0.870. The van der Waals surface area contributed by atoms with Crippen molar-refractivity contribution in [2.75, 3.05) is 5.32 Å². The average Bonchev–Trinajstić information content (AvgIpc) is 2.97. The van der Waals surface area contributed by atoms with Crippen molar-refractivity contribution in [3.05, 3.63) is 16.1 Å². The van der Waals surface area contributed by atoms with Gasteiger partial charge in [0.15, 0.2) is 0 Å². The molecule has 19 heavy (non-hydrogen) atoms. The third-order valence-electron chi connectivity index (χ3n) is 3.62. The Bertz CT molecular complexity index is 588. The van der Waals surface area contributed by atoms with E-state index in [2.05, 4.69) is 35.2 Å². The number of fused-ring (bicyclic) bond motifs is 1. The van der Waals surface area contributed by atoms with Crippen LogP contribution in [-0.2, 0) is 0 Å². The maximum Gasteiger partial charge on any atom is 0.225 e. The number of halogens is 1. The summed E-state index contributed by atoms with van der Waals surface area (Å²) in [7, 11) is 0. The summed E-state index contributed by atoms with van der Waals surface area (Å²) in [6.07, 6.45) is 5.01. The lowest BCUT2D eigenvalue weighted by atomic mass is 10.2. The van der Waals surface area contributed by atoms with Crippen molar-refractivity contribution >= 4 is 39.1 Å². The van der Waals surface area contributed by atoms with E-state index in [1.54, 1.807) is 11.3 Å². The third kappa shape index (κ3) is 2.70. The minimum Gasteiger partial charge on any atom is -0.351 e. The molecule has 1 aliphatic rings. The highest BCUT2D eigenvalue weighted by molar-refractivity contribution is 7.18. The highest BCUT2D eigenvalue weighted by atomic mass is 35.5. The highest BCUT2D eigenvalue weighted by Gasteiger charge is 2.17. The summed E-state index contributed by atoms with van der Waals surface area (Å²) in [6.45, 7) is 4.37. The number of rotatable bonds is 3. The van der Waals surface area contributed by atoms with Crippen LogP contribution >= 0.6 is 22.9 Å². The molecular formula is C14H18ClN3S. The zero-order valence-corrected chi connectivity index (χ0v) is 12.8. The van der Waals surface area contributed by atoms with E-state index < -0.39 is 0 Å². The molecule has 5 heteroatoms. The molecule has 0 bridgehead atoms. The summed E-state index contributed by atoms with van der Waals surface area (Å²) in [5.41, 5.74) is 0.